The zero-order valence-electron chi connectivity index (χ0n) is 8.37. The predicted molar refractivity (Wildman–Crippen MR) is 56.9 cm³/mol. The van der Waals surface area contributed by atoms with E-state index in [1.807, 2.05) is 0 Å². The Labute approximate surface area is 91.5 Å². The van der Waals surface area contributed by atoms with Crippen molar-refractivity contribution < 1.29 is 15.0 Å². The molecule has 7 nitrogen and oxygen atoms in total. The number of hydrogen-bond acceptors (Lipinski definition) is 4. The Morgan fingerprint density at radius 3 is 2.31 bits per heavy atom. The summed E-state index contributed by atoms with van der Waals surface area (Å²) in [6.45, 7) is 0. The lowest BCUT2D eigenvalue weighted by atomic mass is 10.1. The molecule has 1 atom stereocenters. The lowest BCUT2D eigenvalue weighted by molar-refractivity contribution is -0.138. The first-order valence-corrected chi connectivity index (χ1v) is 4.28. The van der Waals surface area contributed by atoms with Crippen LogP contribution in [0.25, 0.3) is 10.4 Å². The van der Waals surface area contributed by atoms with Crippen LogP contribution in [0.1, 0.15) is 5.56 Å². The average Bonchev–Trinajstić information content (AvgIpc) is 2.22. The van der Waals surface area contributed by atoms with E-state index in [2.05, 4.69) is 0 Å². The van der Waals surface area contributed by atoms with Crippen LogP contribution in [-0.2, 0) is 11.2 Å². The van der Waals surface area contributed by atoms with Crippen LogP contribution in [0.15, 0.2) is 24.3 Å². The summed E-state index contributed by atoms with van der Waals surface area (Å²) in [7, 11) is 0. The molecule has 7 heteroatoms. The molecule has 0 radical (unpaired) electrons. The second-order valence-electron chi connectivity index (χ2n) is 2.92. The fourth-order valence-corrected chi connectivity index (χ4v) is 0.973. The number of aromatic hydroxyl groups is 1. The molecule has 1 unspecified atom stereocenters. The quantitative estimate of drug-likeness (QED) is 0.347. The summed E-state index contributed by atoms with van der Waals surface area (Å²) in [5.41, 5.74) is 18.4. The molecule has 1 rings (SSSR count). The summed E-state index contributed by atoms with van der Waals surface area (Å²) in [4.78, 5) is 12.1. The topological polar surface area (TPSA) is 144 Å². The Morgan fingerprint density at radius 1 is 1.50 bits per heavy atom. The van der Waals surface area contributed by atoms with Crippen LogP contribution in [0.4, 0.5) is 0 Å². The third-order valence-electron chi connectivity index (χ3n) is 1.71. The van der Waals surface area contributed by atoms with Crippen molar-refractivity contribution in [1.29, 1.82) is 5.53 Å². The highest BCUT2D eigenvalue weighted by atomic mass is 16.4. The number of hydrogen-bond donors (Lipinski definition) is 4. The minimum absolute atomic E-state index is 0.160. The van der Waals surface area contributed by atoms with Crippen molar-refractivity contribution >= 4 is 5.97 Å². The van der Waals surface area contributed by atoms with Crippen LogP contribution in [0.5, 0.6) is 5.75 Å². The molecule has 0 bridgehead atoms. The van der Waals surface area contributed by atoms with Gasteiger partial charge in [-0.1, -0.05) is 12.1 Å². The van der Waals surface area contributed by atoms with E-state index in [4.69, 9.17) is 27.0 Å². The molecular weight excluding hydrogens is 212 g/mol. The lowest BCUT2D eigenvalue weighted by Crippen LogP contribution is -2.32. The Balaban J connectivity index is 0.000000673. The molecule has 0 aliphatic carbocycles. The van der Waals surface area contributed by atoms with Gasteiger partial charge in [-0.25, -0.2) is 0 Å². The summed E-state index contributed by atoms with van der Waals surface area (Å²) in [5, 5.41) is 17.5. The first-order chi connectivity index (χ1) is 7.51. The molecule has 0 saturated heterocycles. The lowest BCUT2D eigenvalue weighted by Gasteiger charge is -2.05. The van der Waals surface area contributed by atoms with Gasteiger partial charge in [0.2, 0.25) is 0 Å². The number of carbonyl (C=O) groups is 1. The van der Waals surface area contributed by atoms with Crippen molar-refractivity contribution in [3.8, 4) is 5.75 Å². The Morgan fingerprint density at radius 2 is 1.94 bits per heavy atom. The molecule has 0 aliphatic heterocycles. The van der Waals surface area contributed by atoms with Crippen molar-refractivity contribution in [2.24, 2.45) is 5.73 Å². The maximum absolute atomic E-state index is 10.4. The van der Waals surface area contributed by atoms with Crippen molar-refractivity contribution in [3.63, 3.8) is 0 Å². The van der Waals surface area contributed by atoms with Crippen LogP contribution < -0.4 is 5.73 Å². The smallest absolute Gasteiger partial charge is 0.320 e. The van der Waals surface area contributed by atoms with Crippen LogP contribution in [-0.4, -0.2) is 22.2 Å². The molecule has 86 valence electrons. The van der Waals surface area contributed by atoms with Crippen LogP contribution in [0, 0.1) is 5.53 Å². The standard InChI is InChI=1S/C9H11NO3.HN3/c10-8(9(12)13)5-6-1-3-7(11)4-2-6;1-3-2/h1-4,8,11H,5,10H2,(H,12,13);1H. The molecule has 1 aromatic rings. The minimum Gasteiger partial charge on any atom is -0.508 e. The molecule has 0 heterocycles. The maximum Gasteiger partial charge on any atom is 0.320 e. The van der Waals surface area contributed by atoms with E-state index in [0.29, 0.717) is 0 Å². The van der Waals surface area contributed by atoms with Crippen LogP contribution in [0.2, 0.25) is 0 Å². The maximum atomic E-state index is 10.4. The number of carboxylic acid groups (broad SMARTS) is 1. The Kier molecular flexibility index (Phi) is 6.11. The number of phenols is 1. The first kappa shape index (κ1) is 13.8. The van der Waals surface area contributed by atoms with Gasteiger partial charge < -0.3 is 15.9 Å². The zero-order valence-corrected chi connectivity index (χ0v) is 8.37. The minimum atomic E-state index is -1.02. The summed E-state index contributed by atoms with van der Waals surface area (Å²) in [6, 6.07) is 5.42. The summed E-state index contributed by atoms with van der Waals surface area (Å²) >= 11 is 0. The molecule has 5 N–H and O–H groups in total. The van der Waals surface area contributed by atoms with Gasteiger partial charge in [-0.05, 0) is 34.6 Å². The second kappa shape index (κ2) is 7.10. The van der Waals surface area contributed by atoms with E-state index in [1.54, 1.807) is 17.0 Å². The number of benzene rings is 1. The Hall–Kier alpha value is -2.24. The molecule has 0 fully saturated rings. The van der Waals surface area contributed by atoms with E-state index in [-0.39, 0.29) is 12.2 Å². The van der Waals surface area contributed by atoms with E-state index in [1.165, 1.54) is 12.1 Å². The fourth-order valence-electron chi connectivity index (χ4n) is 0.973. The third-order valence-corrected chi connectivity index (χ3v) is 1.71. The molecule has 1 aromatic carbocycles. The van der Waals surface area contributed by atoms with Gasteiger partial charge in [0.1, 0.15) is 11.8 Å². The van der Waals surface area contributed by atoms with Crippen molar-refractivity contribution in [2.45, 2.75) is 12.5 Å². The number of rotatable bonds is 3. The van der Waals surface area contributed by atoms with Gasteiger partial charge in [-0.15, -0.1) is 5.53 Å². The normalized spacial score (nSPS) is 10.6. The molecule has 0 aliphatic rings. The van der Waals surface area contributed by atoms with Gasteiger partial charge in [0, 0.05) is 0 Å². The van der Waals surface area contributed by atoms with Gasteiger partial charge in [-0.2, -0.15) is 0 Å². The number of nitrogens with two attached hydrogens (primary N) is 1. The number of phenolic OH excluding ortho intramolecular Hbond substituents is 1. The van der Waals surface area contributed by atoms with Gasteiger partial charge in [0.05, 0.1) is 0 Å². The molecule has 0 saturated carbocycles. The highest BCUT2D eigenvalue weighted by Crippen LogP contribution is 2.10. The summed E-state index contributed by atoms with van der Waals surface area (Å²) < 4.78 is 0. The molecule has 16 heavy (non-hydrogen) atoms. The van der Waals surface area contributed by atoms with Gasteiger partial charge in [0.15, 0.2) is 0 Å². The molecule has 0 amide bonds. The summed E-state index contributed by atoms with van der Waals surface area (Å²) in [5.74, 6) is -0.860. The molecule has 0 aromatic heterocycles. The van der Waals surface area contributed by atoms with Crippen LogP contribution in [0.3, 0.4) is 0 Å². The van der Waals surface area contributed by atoms with Gasteiger partial charge in [0.25, 0.3) is 0 Å². The van der Waals surface area contributed by atoms with E-state index in [0.717, 1.165) is 5.56 Å². The first-order valence-electron chi connectivity index (χ1n) is 4.28. The number of nitrogens with zero attached hydrogens (tertiary/aromatic N) is 2. The van der Waals surface area contributed by atoms with E-state index in [9.17, 15) is 4.79 Å². The summed E-state index contributed by atoms with van der Waals surface area (Å²) in [6.07, 6.45) is 0.273. The fraction of sp³-hybridized carbons (Fsp3) is 0.222. The molecular formula is C9H12N4O3. The van der Waals surface area contributed by atoms with E-state index < -0.39 is 12.0 Å². The van der Waals surface area contributed by atoms with Crippen LogP contribution >= 0.6 is 0 Å². The average molecular weight is 224 g/mol. The third kappa shape index (κ3) is 5.48. The highest BCUT2D eigenvalue weighted by molar-refractivity contribution is 5.73. The van der Waals surface area contributed by atoms with Gasteiger partial charge >= 0.3 is 5.97 Å². The van der Waals surface area contributed by atoms with E-state index >= 15 is 0 Å². The number of carboxylic acids is 1. The van der Waals surface area contributed by atoms with Crippen molar-refractivity contribution in [1.82, 2.24) is 0 Å². The second-order valence-corrected chi connectivity index (χ2v) is 2.92. The van der Waals surface area contributed by atoms with Crippen molar-refractivity contribution in [2.75, 3.05) is 0 Å². The zero-order chi connectivity index (χ0) is 12.6. The van der Waals surface area contributed by atoms with Crippen molar-refractivity contribution in [3.05, 3.63) is 40.3 Å². The van der Waals surface area contributed by atoms with Gasteiger partial charge in [-0.3, -0.25) is 4.79 Å². The Bertz CT molecular complexity index is 371. The molecule has 0 spiro atoms. The predicted octanol–water partition coefficient (Wildman–Crippen LogP) is 1.22. The SMILES string of the molecule is NC(Cc1ccc(O)cc1)C(=O)O.[N-]=[N+]=N. The highest BCUT2D eigenvalue weighted by Gasteiger charge is 2.11. The largest absolute Gasteiger partial charge is 0.508 e. The number of aliphatic carboxylic acids is 1. The number of nitrogens with one attached hydrogen (secondary N) is 1. The monoisotopic (exact) mass is 224 g/mol.